The fourth-order valence-electron chi connectivity index (χ4n) is 1.62. The highest BCUT2D eigenvalue weighted by Crippen LogP contribution is 2.13. The van der Waals surface area contributed by atoms with Gasteiger partial charge in [-0.05, 0) is 19.9 Å². The van der Waals surface area contributed by atoms with Crippen molar-refractivity contribution in [3.8, 4) is 0 Å². The third kappa shape index (κ3) is 3.96. The molecule has 6 heteroatoms. The summed E-state index contributed by atoms with van der Waals surface area (Å²) in [6.45, 7) is 7.68. The Balaban J connectivity index is 2.44. The molecule has 18 heavy (non-hydrogen) atoms. The Labute approximate surface area is 108 Å². The van der Waals surface area contributed by atoms with Crippen LogP contribution in [0.25, 0.3) is 0 Å². The number of amides is 2. The zero-order chi connectivity index (χ0) is 13.9. The van der Waals surface area contributed by atoms with Gasteiger partial charge in [0.25, 0.3) is 0 Å². The summed E-state index contributed by atoms with van der Waals surface area (Å²) in [5.74, 6) is -0.449. The number of aliphatic hydroxyl groups excluding tert-OH is 1. The molecule has 4 N–H and O–H groups in total. The predicted octanol–water partition coefficient (Wildman–Crippen LogP) is -0.666. The van der Waals surface area contributed by atoms with E-state index in [1.165, 1.54) is 0 Å². The molecule has 0 spiro atoms. The number of aliphatic hydroxyl groups is 1. The molecule has 0 aromatic heterocycles. The Morgan fingerprint density at radius 2 is 2.00 bits per heavy atom. The normalized spacial score (nSPS) is 25.6. The first-order valence-electron chi connectivity index (χ1n) is 6.24. The van der Waals surface area contributed by atoms with E-state index in [0.29, 0.717) is 13.0 Å². The molecule has 1 unspecified atom stereocenters. The van der Waals surface area contributed by atoms with E-state index in [1.807, 2.05) is 0 Å². The average Bonchev–Trinajstić information content (AvgIpc) is 2.62. The van der Waals surface area contributed by atoms with Crippen LogP contribution >= 0.6 is 0 Å². The van der Waals surface area contributed by atoms with Gasteiger partial charge >= 0.3 is 0 Å². The van der Waals surface area contributed by atoms with Crippen LogP contribution in [0.1, 0.15) is 34.1 Å². The summed E-state index contributed by atoms with van der Waals surface area (Å²) in [6, 6.07) is -0.893. The van der Waals surface area contributed by atoms with Crippen LogP contribution in [0.2, 0.25) is 0 Å². The van der Waals surface area contributed by atoms with Crippen molar-refractivity contribution in [3.63, 3.8) is 0 Å². The van der Waals surface area contributed by atoms with Crippen LogP contribution < -0.4 is 16.0 Å². The van der Waals surface area contributed by atoms with Crippen molar-refractivity contribution in [1.82, 2.24) is 16.0 Å². The lowest BCUT2D eigenvalue weighted by atomic mass is 9.95. The largest absolute Gasteiger partial charge is 0.376 e. The number of carbonyl (C=O) groups excluding carboxylic acids is 2. The third-order valence-electron chi connectivity index (χ3n) is 2.94. The first kappa shape index (κ1) is 14.9. The Kier molecular flexibility index (Phi) is 4.70. The molecule has 2 amide bonds. The molecule has 1 saturated heterocycles. The van der Waals surface area contributed by atoms with E-state index in [1.54, 1.807) is 27.7 Å². The highest BCUT2D eigenvalue weighted by Gasteiger charge is 2.29. The van der Waals surface area contributed by atoms with Gasteiger partial charge in [-0.3, -0.25) is 14.9 Å². The van der Waals surface area contributed by atoms with Gasteiger partial charge in [0, 0.05) is 5.41 Å². The molecule has 0 radical (unpaired) electrons. The fourth-order valence-corrected chi connectivity index (χ4v) is 1.62. The van der Waals surface area contributed by atoms with Crippen molar-refractivity contribution in [3.05, 3.63) is 0 Å². The Bertz CT molecular complexity index is 325. The molecule has 1 aliphatic heterocycles. The van der Waals surface area contributed by atoms with E-state index in [0.717, 1.165) is 0 Å². The topological polar surface area (TPSA) is 90.5 Å². The second-order valence-electron chi connectivity index (χ2n) is 5.75. The van der Waals surface area contributed by atoms with Gasteiger partial charge in [0.1, 0.15) is 12.3 Å². The van der Waals surface area contributed by atoms with Gasteiger partial charge in [0.2, 0.25) is 11.8 Å². The van der Waals surface area contributed by atoms with Crippen LogP contribution in [0, 0.1) is 5.41 Å². The first-order chi connectivity index (χ1) is 8.21. The van der Waals surface area contributed by atoms with Crippen LogP contribution in [0.5, 0.6) is 0 Å². The van der Waals surface area contributed by atoms with E-state index < -0.39 is 17.7 Å². The quantitative estimate of drug-likeness (QED) is 0.540. The first-order valence-corrected chi connectivity index (χ1v) is 6.24. The molecule has 0 aliphatic carbocycles. The number of rotatable bonds is 3. The zero-order valence-electron chi connectivity index (χ0n) is 11.4. The summed E-state index contributed by atoms with van der Waals surface area (Å²) < 4.78 is 0. The SMILES string of the molecule is C[C@H](NC(=O)C(C)(C)C)C(=O)N[C@@H]1CCNC1O. The standard InChI is InChI=1S/C12H23N3O3/c1-7(14-11(18)12(2,3)4)9(16)15-8-5-6-13-10(8)17/h7-8,10,13,17H,5-6H2,1-4H3,(H,14,18)(H,15,16)/t7-,8+,10?/m0/s1. The number of nitrogens with one attached hydrogen (secondary N) is 3. The number of hydrogen-bond donors (Lipinski definition) is 4. The number of carbonyl (C=O) groups is 2. The molecule has 1 aliphatic rings. The maximum absolute atomic E-state index is 11.8. The van der Waals surface area contributed by atoms with Crippen LogP contribution in [-0.4, -0.2) is 41.8 Å². The van der Waals surface area contributed by atoms with Crippen LogP contribution in [0.3, 0.4) is 0 Å². The summed E-state index contributed by atoms with van der Waals surface area (Å²) >= 11 is 0. The fraction of sp³-hybridized carbons (Fsp3) is 0.833. The molecule has 0 saturated carbocycles. The average molecular weight is 257 g/mol. The van der Waals surface area contributed by atoms with E-state index in [9.17, 15) is 14.7 Å². The second kappa shape index (κ2) is 5.67. The van der Waals surface area contributed by atoms with Crippen molar-refractivity contribution in [2.24, 2.45) is 5.41 Å². The zero-order valence-corrected chi connectivity index (χ0v) is 11.4. The van der Waals surface area contributed by atoms with E-state index >= 15 is 0 Å². The van der Waals surface area contributed by atoms with Gasteiger partial charge in [-0.1, -0.05) is 20.8 Å². The summed E-state index contributed by atoms with van der Waals surface area (Å²) in [4.78, 5) is 23.6. The van der Waals surface area contributed by atoms with E-state index in [2.05, 4.69) is 16.0 Å². The molecule has 104 valence electrons. The van der Waals surface area contributed by atoms with Crippen molar-refractivity contribution >= 4 is 11.8 Å². The highest BCUT2D eigenvalue weighted by molar-refractivity contribution is 5.89. The van der Waals surface area contributed by atoms with Gasteiger partial charge in [0.05, 0.1) is 6.04 Å². The minimum absolute atomic E-state index is 0.171. The summed E-state index contributed by atoms with van der Waals surface area (Å²) in [5, 5.41) is 17.7. The molecular weight excluding hydrogens is 234 g/mol. The molecule has 1 heterocycles. The minimum atomic E-state index is -0.709. The van der Waals surface area contributed by atoms with E-state index in [-0.39, 0.29) is 17.9 Å². The number of hydrogen-bond acceptors (Lipinski definition) is 4. The summed E-state index contributed by atoms with van der Waals surface area (Å²) in [7, 11) is 0. The van der Waals surface area contributed by atoms with Gasteiger partial charge < -0.3 is 15.7 Å². The molecule has 0 aromatic carbocycles. The lowest BCUT2D eigenvalue weighted by Gasteiger charge is -2.23. The van der Waals surface area contributed by atoms with Crippen LogP contribution in [0.4, 0.5) is 0 Å². The van der Waals surface area contributed by atoms with Crippen molar-refractivity contribution in [2.75, 3.05) is 6.54 Å². The maximum Gasteiger partial charge on any atom is 0.242 e. The maximum atomic E-state index is 11.8. The van der Waals surface area contributed by atoms with Gasteiger partial charge in [0.15, 0.2) is 0 Å². The Morgan fingerprint density at radius 1 is 1.39 bits per heavy atom. The van der Waals surface area contributed by atoms with Gasteiger partial charge in [-0.25, -0.2) is 0 Å². The molecule has 3 atom stereocenters. The molecular formula is C12H23N3O3. The molecule has 1 rings (SSSR count). The van der Waals surface area contributed by atoms with Crippen LogP contribution in [-0.2, 0) is 9.59 Å². The van der Waals surface area contributed by atoms with Crippen LogP contribution in [0.15, 0.2) is 0 Å². The smallest absolute Gasteiger partial charge is 0.242 e. The monoisotopic (exact) mass is 257 g/mol. The van der Waals surface area contributed by atoms with Crippen molar-refractivity contribution in [1.29, 1.82) is 0 Å². The molecule has 1 fully saturated rings. The lowest BCUT2D eigenvalue weighted by molar-refractivity contribution is -0.133. The van der Waals surface area contributed by atoms with Gasteiger partial charge in [-0.15, -0.1) is 0 Å². The third-order valence-corrected chi connectivity index (χ3v) is 2.94. The van der Waals surface area contributed by atoms with Gasteiger partial charge in [-0.2, -0.15) is 0 Å². The van der Waals surface area contributed by atoms with Crippen molar-refractivity contribution in [2.45, 2.75) is 52.4 Å². The Morgan fingerprint density at radius 3 is 2.44 bits per heavy atom. The molecule has 0 bridgehead atoms. The highest BCUT2D eigenvalue weighted by atomic mass is 16.3. The predicted molar refractivity (Wildman–Crippen MR) is 67.6 cm³/mol. The molecule has 6 nitrogen and oxygen atoms in total. The van der Waals surface area contributed by atoms with Crippen molar-refractivity contribution < 1.29 is 14.7 Å². The Hall–Kier alpha value is -1.14. The summed E-state index contributed by atoms with van der Waals surface area (Å²) in [6.07, 6.45) is -0.0215. The minimum Gasteiger partial charge on any atom is -0.376 e. The molecule has 0 aromatic rings. The summed E-state index contributed by atoms with van der Waals surface area (Å²) in [5.41, 5.74) is -0.525. The second-order valence-corrected chi connectivity index (χ2v) is 5.75. The van der Waals surface area contributed by atoms with E-state index in [4.69, 9.17) is 0 Å². The lowest BCUT2D eigenvalue weighted by Crippen LogP contribution is -2.52.